The van der Waals surface area contributed by atoms with Crippen LogP contribution in [0.1, 0.15) is 15.9 Å². The van der Waals surface area contributed by atoms with Gasteiger partial charge in [-0.25, -0.2) is 9.97 Å². The molecule has 3 rings (SSSR count). The zero-order valence-corrected chi connectivity index (χ0v) is 15.8. The van der Waals surface area contributed by atoms with Gasteiger partial charge >= 0.3 is 0 Å². The smallest absolute Gasteiger partial charge is 0.294 e. The highest BCUT2D eigenvalue weighted by molar-refractivity contribution is 6.04. The molecule has 0 aliphatic heterocycles. The number of benzene rings is 2. The Morgan fingerprint density at radius 1 is 1.00 bits per heavy atom. The Labute approximate surface area is 168 Å². The molecule has 29 heavy (non-hydrogen) atoms. The molecule has 0 saturated carbocycles. The van der Waals surface area contributed by atoms with Crippen LogP contribution in [0.15, 0.2) is 73.3 Å². The number of aromatic nitrogens is 2. The molecule has 1 heterocycles. The number of rotatable bonds is 8. The molecule has 1 N–H and O–H groups in total. The Morgan fingerprint density at radius 2 is 1.69 bits per heavy atom. The average molecular weight is 392 g/mol. The SMILES string of the molecule is COCNC(=O)Cc1ccc(N(Oc2ccccc2)C(=O)c2cncnc2)cc1. The Hall–Kier alpha value is -3.78. The van der Waals surface area contributed by atoms with E-state index in [1.165, 1.54) is 30.9 Å². The number of amides is 2. The lowest BCUT2D eigenvalue weighted by Gasteiger charge is -2.22. The Morgan fingerprint density at radius 3 is 2.34 bits per heavy atom. The molecule has 0 saturated heterocycles. The number of hydrogen-bond acceptors (Lipinski definition) is 6. The topological polar surface area (TPSA) is 93.7 Å². The van der Waals surface area contributed by atoms with Crippen molar-refractivity contribution in [3.8, 4) is 5.75 Å². The van der Waals surface area contributed by atoms with Gasteiger partial charge in [-0.3, -0.25) is 9.59 Å². The summed E-state index contributed by atoms with van der Waals surface area (Å²) in [6.45, 7) is 0.156. The number of para-hydroxylation sites is 1. The van der Waals surface area contributed by atoms with E-state index in [2.05, 4.69) is 15.3 Å². The first-order valence-corrected chi connectivity index (χ1v) is 8.84. The van der Waals surface area contributed by atoms with Gasteiger partial charge < -0.3 is 14.9 Å². The van der Waals surface area contributed by atoms with Gasteiger partial charge in [0.05, 0.1) is 17.7 Å². The monoisotopic (exact) mass is 392 g/mol. The number of anilines is 1. The number of nitrogens with zero attached hydrogens (tertiary/aromatic N) is 3. The zero-order chi connectivity index (χ0) is 20.5. The van der Waals surface area contributed by atoms with Crippen LogP contribution in [0.4, 0.5) is 5.69 Å². The Bertz CT molecular complexity index is 934. The average Bonchev–Trinajstić information content (AvgIpc) is 2.77. The number of carbonyl (C=O) groups is 2. The third kappa shape index (κ3) is 5.60. The molecular weight excluding hydrogens is 372 g/mol. The number of hydrogen-bond donors (Lipinski definition) is 1. The van der Waals surface area contributed by atoms with Gasteiger partial charge in [-0.15, -0.1) is 5.06 Å². The van der Waals surface area contributed by atoms with Crippen molar-refractivity contribution in [2.75, 3.05) is 18.9 Å². The molecule has 8 heteroatoms. The summed E-state index contributed by atoms with van der Waals surface area (Å²) in [5.41, 5.74) is 1.58. The van der Waals surface area contributed by atoms with Crippen molar-refractivity contribution in [1.29, 1.82) is 0 Å². The summed E-state index contributed by atoms with van der Waals surface area (Å²) in [5.74, 6) is -0.0738. The maximum atomic E-state index is 13.0. The standard InChI is InChI=1S/C21H20N4O4/c1-28-15-24-20(26)11-16-7-9-18(10-8-16)25(29-19-5-3-2-4-6-19)21(27)17-12-22-14-23-13-17/h2-10,12-14H,11,15H2,1H3,(H,24,26). The van der Waals surface area contributed by atoms with E-state index in [9.17, 15) is 9.59 Å². The van der Waals surface area contributed by atoms with Crippen LogP contribution in [-0.4, -0.2) is 35.6 Å². The van der Waals surface area contributed by atoms with Crippen molar-refractivity contribution < 1.29 is 19.2 Å². The second kappa shape index (κ2) is 9.95. The predicted molar refractivity (Wildman–Crippen MR) is 106 cm³/mol. The predicted octanol–water partition coefficient (Wildman–Crippen LogP) is 2.38. The molecule has 3 aromatic rings. The highest BCUT2D eigenvalue weighted by Gasteiger charge is 2.21. The zero-order valence-electron chi connectivity index (χ0n) is 15.8. The van der Waals surface area contributed by atoms with Crippen LogP contribution < -0.4 is 15.2 Å². The molecular formula is C21H20N4O4. The van der Waals surface area contributed by atoms with Crippen LogP contribution in [0.2, 0.25) is 0 Å². The second-order valence-corrected chi connectivity index (χ2v) is 6.01. The number of ether oxygens (including phenoxy) is 1. The molecule has 0 aliphatic carbocycles. The summed E-state index contributed by atoms with van der Waals surface area (Å²) >= 11 is 0. The minimum atomic E-state index is -0.417. The number of hydroxylamine groups is 1. The molecule has 0 unspecified atom stereocenters. The molecule has 0 bridgehead atoms. The lowest BCUT2D eigenvalue weighted by molar-refractivity contribution is -0.121. The molecule has 2 aromatic carbocycles. The summed E-state index contributed by atoms with van der Waals surface area (Å²) in [6.07, 6.45) is 4.39. The normalized spacial score (nSPS) is 10.2. The minimum Gasteiger partial charge on any atom is -0.372 e. The first-order chi connectivity index (χ1) is 14.2. The second-order valence-electron chi connectivity index (χ2n) is 6.01. The van der Waals surface area contributed by atoms with Gasteiger partial charge in [0, 0.05) is 19.5 Å². The van der Waals surface area contributed by atoms with Crippen LogP contribution in [0, 0.1) is 0 Å². The molecule has 0 atom stereocenters. The van der Waals surface area contributed by atoms with Gasteiger partial charge in [-0.1, -0.05) is 30.3 Å². The largest absolute Gasteiger partial charge is 0.372 e. The highest BCUT2D eigenvalue weighted by Crippen LogP contribution is 2.21. The molecule has 148 valence electrons. The number of methoxy groups -OCH3 is 1. The summed E-state index contributed by atoms with van der Waals surface area (Å²) in [4.78, 5) is 38.4. The summed E-state index contributed by atoms with van der Waals surface area (Å²) in [7, 11) is 1.51. The Balaban J connectivity index is 1.82. The van der Waals surface area contributed by atoms with Crippen LogP contribution in [0.5, 0.6) is 5.75 Å². The van der Waals surface area contributed by atoms with E-state index in [-0.39, 0.29) is 24.6 Å². The van der Waals surface area contributed by atoms with E-state index >= 15 is 0 Å². The minimum absolute atomic E-state index is 0.156. The van der Waals surface area contributed by atoms with Crippen LogP contribution >= 0.6 is 0 Å². The van der Waals surface area contributed by atoms with E-state index < -0.39 is 5.91 Å². The molecule has 0 radical (unpaired) electrons. The lowest BCUT2D eigenvalue weighted by Crippen LogP contribution is -2.34. The van der Waals surface area contributed by atoms with Crippen molar-refractivity contribution in [1.82, 2.24) is 15.3 Å². The van der Waals surface area contributed by atoms with Crippen molar-refractivity contribution in [3.05, 3.63) is 84.4 Å². The van der Waals surface area contributed by atoms with Crippen LogP contribution in [0.25, 0.3) is 0 Å². The van der Waals surface area contributed by atoms with Crippen molar-refractivity contribution in [3.63, 3.8) is 0 Å². The van der Waals surface area contributed by atoms with E-state index in [4.69, 9.17) is 9.57 Å². The maximum absolute atomic E-state index is 13.0. The van der Waals surface area contributed by atoms with Gasteiger partial charge in [0.1, 0.15) is 13.1 Å². The first kappa shape index (κ1) is 20.0. The van der Waals surface area contributed by atoms with Gasteiger partial charge in [0.2, 0.25) is 5.91 Å². The highest BCUT2D eigenvalue weighted by atomic mass is 16.7. The fourth-order valence-electron chi connectivity index (χ4n) is 2.47. The van der Waals surface area contributed by atoms with Crippen LogP contribution in [-0.2, 0) is 16.0 Å². The van der Waals surface area contributed by atoms with Crippen molar-refractivity contribution >= 4 is 17.5 Å². The van der Waals surface area contributed by atoms with Crippen molar-refractivity contribution in [2.45, 2.75) is 6.42 Å². The van der Waals surface area contributed by atoms with Gasteiger partial charge in [0.15, 0.2) is 5.75 Å². The van der Waals surface area contributed by atoms with E-state index in [0.717, 1.165) is 5.56 Å². The van der Waals surface area contributed by atoms with Crippen molar-refractivity contribution in [2.24, 2.45) is 0 Å². The molecule has 0 fully saturated rings. The van der Waals surface area contributed by atoms with Gasteiger partial charge in [0.25, 0.3) is 5.91 Å². The fraction of sp³-hybridized carbons (Fsp3) is 0.143. The maximum Gasteiger partial charge on any atom is 0.294 e. The summed E-state index contributed by atoms with van der Waals surface area (Å²) < 4.78 is 4.82. The third-order valence-corrected chi connectivity index (χ3v) is 3.88. The number of carbonyl (C=O) groups excluding carboxylic acids is 2. The van der Waals surface area contributed by atoms with E-state index in [1.54, 1.807) is 36.4 Å². The molecule has 8 nitrogen and oxygen atoms in total. The number of nitrogens with one attached hydrogen (secondary N) is 1. The first-order valence-electron chi connectivity index (χ1n) is 8.84. The molecule has 0 spiro atoms. The van der Waals surface area contributed by atoms with Gasteiger partial charge in [-0.2, -0.15) is 0 Å². The third-order valence-electron chi connectivity index (χ3n) is 3.88. The van der Waals surface area contributed by atoms with Gasteiger partial charge in [-0.05, 0) is 29.8 Å². The van der Waals surface area contributed by atoms with Crippen LogP contribution in [0.3, 0.4) is 0 Å². The quantitative estimate of drug-likeness (QED) is 0.467. The fourth-order valence-corrected chi connectivity index (χ4v) is 2.47. The summed E-state index contributed by atoms with van der Waals surface area (Å²) in [5, 5.41) is 3.80. The molecule has 1 aromatic heterocycles. The Kier molecular flexibility index (Phi) is 6.85. The molecule has 0 aliphatic rings. The summed E-state index contributed by atoms with van der Waals surface area (Å²) in [6, 6.07) is 15.9. The lowest BCUT2D eigenvalue weighted by atomic mass is 10.1. The van der Waals surface area contributed by atoms with E-state index in [1.807, 2.05) is 18.2 Å². The molecule has 2 amide bonds. The van der Waals surface area contributed by atoms with E-state index in [0.29, 0.717) is 11.4 Å².